The van der Waals surface area contributed by atoms with Crippen LogP contribution in [0, 0.1) is 22.9 Å². The van der Waals surface area contributed by atoms with E-state index in [1.54, 1.807) is 6.92 Å². The largest absolute Gasteiger partial charge is 0.477 e. The van der Waals surface area contributed by atoms with Crippen LogP contribution in [0.1, 0.15) is 15.9 Å². The van der Waals surface area contributed by atoms with Crippen LogP contribution in [0.25, 0.3) is 0 Å². The van der Waals surface area contributed by atoms with Gasteiger partial charge in [0.05, 0.1) is 4.92 Å². The Balaban J connectivity index is 2.54. The van der Waals surface area contributed by atoms with Crippen LogP contribution in [-0.2, 0) is 0 Å². The molecule has 0 aliphatic carbocycles. The van der Waals surface area contributed by atoms with Gasteiger partial charge in [0.1, 0.15) is 17.1 Å². The zero-order valence-electron chi connectivity index (χ0n) is 11.0. The molecular formula is C14H11FN2O4. The predicted molar refractivity (Wildman–Crippen MR) is 74.5 cm³/mol. The Morgan fingerprint density at radius 1 is 1.29 bits per heavy atom. The minimum atomic E-state index is -1.40. The number of carboxylic acids is 1. The molecule has 0 fully saturated rings. The van der Waals surface area contributed by atoms with Gasteiger partial charge in [0.2, 0.25) is 0 Å². The number of carboxylic acid groups (broad SMARTS) is 1. The fraction of sp³-hybridized carbons (Fsp3) is 0.0714. The number of hydrogen-bond donors (Lipinski definition) is 2. The van der Waals surface area contributed by atoms with Crippen molar-refractivity contribution in [2.24, 2.45) is 0 Å². The second-order valence-electron chi connectivity index (χ2n) is 4.35. The Bertz CT molecular complexity index is 731. The van der Waals surface area contributed by atoms with E-state index in [1.807, 2.05) is 0 Å². The van der Waals surface area contributed by atoms with Crippen molar-refractivity contribution >= 4 is 23.0 Å². The molecule has 0 radical (unpaired) electrons. The maximum absolute atomic E-state index is 13.2. The number of carbonyl (C=O) groups is 1. The molecule has 0 spiro atoms. The Kier molecular flexibility index (Phi) is 3.84. The summed E-state index contributed by atoms with van der Waals surface area (Å²) in [4.78, 5) is 21.4. The van der Waals surface area contributed by atoms with Crippen molar-refractivity contribution in [1.82, 2.24) is 0 Å². The van der Waals surface area contributed by atoms with Crippen LogP contribution in [0.5, 0.6) is 0 Å². The van der Waals surface area contributed by atoms with Gasteiger partial charge in [0.25, 0.3) is 0 Å². The van der Waals surface area contributed by atoms with Crippen molar-refractivity contribution in [3.05, 3.63) is 63.5 Å². The Morgan fingerprint density at radius 2 is 2.00 bits per heavy atom. The van der Waals surface area contributed by atoms with E-state index in [-0.39, 0.29) is 5.69 Å². The highest BCUT2D eigenvalue weighted by atomic mass is 19.1. The molecule has 2 aromatic rings. The molecule has 0 bridgehead atoms. The predicted octanol–water partition coefficient (Wildman–Crippen LogP) is 3.48. The van der Waals surface area contributed by atoms with Crippen molar-refractivity contribution in [2.45, 2.75) is 6.92 Å². The van der Waals surface area contributed by atoms with Crippen molar-refractivity contribution in [1.29, 1.82) is 0 Å². The number of nitro groups is 1. The van der Waals surface area contributed by atoms with E-state index in [9.17, 15) is 19.3 Å². The second kappa shape index (κ2) is 5.58. The molecule has 2 aromatic carbocycles. The molecule has 6 nitrogen and oxygen atoms in total. The minimum absolute atomic E-state index is 0.00593. The molecule has 0 amide bonds. The Morgan fingerprint density at radius 3 is 2.62 bits per heavy atom. The first-order valence-corrected chi connectivity index (χ1v) is 5.94. The zero-order valence-corrected chi connectivity index (χ0v) is 11.0. The lowest BCUT2D eigenvalue weighted by Crippen LogP contribution is -2.06. The molecule has 21 heavy (non-hydrogen) atoms. The molecule has 2 rings (SSSR count). The van der Waals surface area contributed by atoms with Gasteiger partial charge in [-0.05, 0) is 36.8 Å². The first-order chi connectivity index (χ1) is 9.90. The van der Waals surface area contributed by atoms with Gasteiger partial charge in [0.15, 0.2) is 0 Å². The van der Waals surface area contributed by atoms with Gasteiger partial charge in [-0.3, -0.25) is 10.1 Å². The number of rotatable bonds is 4. The fourth-order valence-corrected chi connectivity index (χ4v) is 1.89. The summed E-state index contributed by atoms with van der Waals surface area (Å²) in [5.74, 6) is -1.90. The average Bonchev–Trinajstić information content (AvgIpc) is 2.42. The first-order valence-electron chi connectivity index (χ1n) is 5.94. The number of halogens is 1. The maximum Gasteiger partial charge on any atom is 0.342 e. The SMILES string of the molecule is Cc1ccc(F)cc1Nc1cccc(C(=O)O)c1[N+](=O)[O-]. The minimum Gasteiger partial charge on any atom is -0.477 e. The zero-order chi connectivity index (χ0) is 15.6. The molecule has 0 unspecified atom stereocenters. The maximum atomic E-state index is 13.2. The third-order valence-corrected chi connectivity index (χ3v) is 2.92. The quantitative estimate of drug-likeness (QED) is 0.664. The molecule has 7 heteroatoms. The molecule has 0 aromatic heterocycles. The summed E-state index contributed by atoms with van der Waals surface area (Å²) >= 11 is 0. The van der Waals surface area contributed by atoms with Crippen LogP contribution < -0.4 is 5.32 Å². The number of nitrogens with one attached hydrogen (secondary N) is 1. The van der Waals surface area contributed by atoms with Crippen LogP contribution in [0.15, 0.2) is 36.4 Å². The van der Waals surface area contributed by atoms with Gasteiger partial charge in [-0.15, -0.1) is 0 Å². The van der Waals surface area contributed by atoms with Crippen LogP contribution >= 0.6 is 0 Å². The number of benzene rings is 2. The number of para-hydroxylation sites is 1. The lowest BCUT2D eigenvalue weighted by Gasteiger charge is -2.11. The molecular weight excluding hydrogens is 279 g/mol. The number of aromatic carboxylic acids is 1. The van der Waals surface area contributed by atoms with Crippen molar-refractivity contribution in [3.8, 4) is 0 Å². The van der Waals surface area contributed by atoms with Crippen LogP contribution in [0.3, 0.4) is 0 Å². The normalized spacial score (nSPS) is 10.2. The van der Waals surface area contributed by atoms with E-state index in [4.69, 9.17) is 5.11 Å². The average molecular weight is 290 g/mol. The number of hydrogen-bond acceptors (Lipinski definition) is 4. The van der Waals surface area contributed by atoms with Crippen molar-refractivity contribution < 1.29 is 19.2 Å². The smallest absolute Gasteiger partial charge is 0.342 e. The lowest BCUT2D eigenvalue weighted by atomic mass is 10.1. The van der Waals surface area contributed by atoms with E-state index in [0.29, 0.717) is 11.3 Å². The fourth-order valence-electron chi connectivity index (χ4n) is 1.89. The number of nitro benzene ring substituents is 1. The number of nitrogens with zero attached hydrogens (tertiary/aromatic N) is 1. The highest BCUT2D eigenvalue weighted by Gasteiger charge is 2.24. The molecule has 0 saturated carbocycles. The molecule has 0 aliphatic rings. The molecule has 0 heterocycles. The van der Waals surface area contributed by atoms with E-state index in [0.717, 1.165) is 6.07 Å². The molecule has 108 valence electrons. The monoisotopic (exact) mass is 290 g/mol. The van der Waals surface area contributed by atoms with Gasteiger partial charge < -0.3 is 10.4 Å². The first kappa shape index (κ1) is 14.4. The summed E-state index contributed by atoms with van der Waals surface area (Å²) in [7, 11) is 0. The summed E-state index contributed by atoms with van der Waals surface area (Å²) in [6.07, 6.45) is 0. The standard InChI is InChI=1S/C14H11FN2O4/c1-8-5-6-9(15)7-12(8)16-11-4-2-3-10(14(18)19)13(11)17(20)21/h2-7,16H,1H3,(H,18,19). The lowest BCUT2D eigenvalue weighted by molar-refractivity contribution is -0.384. The summed E-state index contributed by atoms with van der Waals surface area (Å²) in [6.45, 7) is 1.70. The van der Waals surface area contributed by atoms with Gasteiger partial charge in [-0.25, -0.2) is 9.18 Å². The van der Waals surface area contributed by atoms with E-state index in [2.05, 4.69) is 5.32 Å². The molecule has 2 N–H and O–H groups in total. The van der Waals surface area contributed by atoms with Gasteiger partial charge in [0, 0.05) is 5.69 Å². The van der Waals surface area contributed by atoms with Crippen molar-refractivity contribution in [2.75, 3.05) is 5.32 Å². The van der Waals surface area contributed by atoms with Crippen molar-refractivity contribution in [3.63, 3.8) is 0 Å². The van der Waals surface area contributed by atoms with E-state index in [1.165, 1.54) is 30.3 Å². The summed E-state index contributed by atoms with van der Waals surface area (Å²) < 4.78 is 13.2. The van der Waals surface area contributed by atoms with E-state index < -0.39 is 28.0 Å². The summed E-state index contributed by atoms with van der Waals surface area (Å²) in [6, 6.07) is 7.87. The molecule has 0 aliphatic heterocycles. The van der Waals surface area contributed by atoms with E-state index >= 15 is 0 Å². The van der Waals surface area contributed by atoms with Gasteiger partial charge >= 0.3 is 11.7 Å². The molecule has 0 saturated heterocycles. The third kappa shape index (κ3) is 2.97. The van der Waals surface area contributed by atoms with Crippen LogP contribution in [0.2, 0.25) is 0 Å². The number of aryl methyl sites for hydroxylation is 1. The second-order valence-corrected chi connectivity index (χ2v) is 4.35. The highest BCUT2D eigenvalue weighted by molar-refractivity contribution is 5.96. The topological polar surface area (TPSA) is 92.5 Å². The highest BCUT2D eigenvalue weighted by Crippen LogP contribution is 2.32. The van der Waals surface area contributed by atoms with Gasteiger partial charge in [-0.2, -0.15) is 0 Å². The summed E-state index contributed by atoms with van der Waals surface area (Å²) in [5.41, 5.74) is 0.00776. The summed E-state index contributed by atoms with van der Waals surface area (Å²) in [5, 5.41) is 22.8. The van der Waals surface area contributed by atoms with Gasteiger partial charge in [-0.1, -0.05) is 12.1 Å². The Hall–Kier alpha value is -2.96. The van der Waals surface area contributed by atoms with Crippen LogP contribution in [0.4, 0.5) is 21.5 Å². The Labute approximate surface area is 119 Å². The number of anilines is 2. The van der Waals surface area contributed by atoms with Crippen LogP contribution in [-0.4, -0.2) is 16.0 Å². The third-order valence-electron chi connectivity index (χ3n) is 2.92. The molecule has 0 atom stereocenters.